The van der Waals surface area contributed by atoms with Gasteiger partial charge < -0.3 is 10.6 Å². The van der Waals surface area contributed by atoms with E-state index in [0.29, 0.717) is 44.4 Å². The highest BCUT2D eigenvalue weighted by Crippen LogP contribution is 2.38. The molecular formula is C28H25ClFN5OS. The number of halogens is 2. The predicted octanol–water partition coefficient (Wildman–Crippen LogP) is 6.91. The molecule has 1 amide bonds. The highest BCUT2D eigenvalue weighted by atomic mass is 35.5. The number of hydrogen-bond acceptors (Lipinski definition) is 5. The highest BCUT2D eigenvalue weighted by molar-refractivity contribution is 7.98. The van der Waals surface area contributed by atoms with Gasteiger partial charge in [0.25, 0.3) is 5.91 Å². The van der Waals surface area contributed by atoms with Crippen molar-refractivity contribution in [3.63, 3.8) is 0 Å². The average molecular weight is 534 g/mol. The molecule has 1 aliphatic rings. The van der Waals surface area contributed by atoms with E-state index in [2.05, 4.69) is 20.7 Å². The number of amides is 1. The van der Waals surface area contributed by atoms with Gasteiger partial charge in [0.1, 0.15) is 11.9 Å². The van der Waals surface area contributed by atoms with E-state index in [4.69, 9.17) is 11.6 Å². The summed E-state index contributed by atoms with van der Waals surface area (Å²) >= 11 is 7.55. The third-order valence-electron chi connectivity index (χ3n) is 6.16. The molecule has 0 radical (unpaired) electrons. The first-order valence-electron chi connectivity index (χ1n) is 11.7. The molecule has 5 rings (SSSR count). The molecule has 3 aromatic carbocycles. The Morgan fingerprint density at radius 1 is 1.11 bits per heavy atom. The van der Waals surface area contributed by atoms with Crippen LogP contribution in [0.4, 0.5) is 16.0 Å². The lowest BCUT2D eigenvalue weighted by Gasteiger charge is -2.29. The molecule has 4 aromatic rings. The van der Waals surface area contributed by atoms with Crippen molar-refractivity contribution in [2.45, 2.75) is 37.7 Å². The maximum Gasteiger partial charge on any atom is 0.255 e. The zero-order valence-electron chi connectivity index (χ0n) is 20.5. The molecule has 9 heteroatoms. The van der Waals surface area contributed by atoms with Gasteiger partial charge in [-0.3, -0.25) is 4.79 Å². The standard InChI is InChI=1S/C28H25ClFN5OS/c1-16-11-12-23(17(2)13-16)32-26(36)24-18(3)31-27-33-28(37-15-19-7-6-8-20(29)14-19)34-35(27)25(24)21-9-4-5-10-22(21)30/h4-14,25H,15H2,1-3H3,(H,32,36)(H,31,33,34)/t25-/m0/s1. The number of hydrogen-bond donors (Lipinski definition) is 2. The van der Waals surface area contributed by atoms with Crippen LogP contribution < -0.4 is 10.6 Å². The van der Waals surface area contributed by atoms with Crippen LogP contribution in [0, 0.1) is 19.7 Å². The van der Waals surface area contributed by atoms with E-state index >= 15 is 4.39 Å². The van der Waals surface area contributed by atoms with Crippen molar-refractivity contribution in [3.05, 3.63) is 111 Å². The summed E-state index contributed by atoms with van der Waals surface area (Å²) in [7, 11) is 0. The summed E-state index contributed by atoms with van der Waals surface area (Å²) in [5.74, 6) is 0.302. The lowest BCUT2D eigenvalue weighted by atomic mass is 9.94. The van der Waals surface area contributed by atoms with Gasteiger partial charge in [-0.15, -0.1) is 5.10 Å². The van der Waals surface area contributed by atoms with Crippen LogP contribution in [0.25, 0.3) is 0 Å². The zero-order chi connectivity index (χ0) is 26.1. The van der Waals surface area contributed by atoms with E-state index in [9.17, 15) is 4.79 Å². The number of allylic oxidation sites excluding steroid dienone is 1. The van der Waals surface area contributed by atoms with Crippen molar-refractivity contribution in [1.82, 2.24) is 14.8 Å². The molecule has 0 unspecified atom stereocenters. The Kier molecular flexibility index (Phi) is 7.04. The van der Waals surface area contributed by atoms with Crippen molar-refractivity contribution in [3.8, 4) is 0 Å². The maximum atomic E-state index is 15.1. The van der Waals surface area contributed by atoms with Crippen LogP contribution in [-0.2, 0) is 10.5 Å². The summed E-state index contributed by atoms with van der Waals surface area (Å²) in [6, 6.07) is 19.1. The summed E-state index contributed by atoms with van der Waals surface area (Å²) in [5.41, 5.74) is 5.07. The Balaban J connectivity index is 1.50. The first kappa shape index (κ1) is 25.0. The largest absolute Gasteiger partial charge is 0.328 e. The monoisotopic (exact) mass is 533 g/mol. The fraction of sp³-hybridized carbons (Fsp3) is 0.179. The second kappa shape index (κ2) is 10.4. The third kappa shape index (κ3) is 5.26. The van der Waals surface area contributed by atoms with E-state index in [1.54, 1.807) is 29.8 Å². The summed E-state index contributed by atoms with van der Waals surface area (Å²) in [6.45, 7) is 5.73. The normalized spacial score (nSPS) is 14.8. The van der Waals surface area contributed by atoms with Crippen LogP contribution in [0.5, 0.6) is 0 Å². The minimum absolute atomic E-state index is 0.334. The predicted molar refractivity (Wildman–Crippen MR) is 146 cm³/mol. The molecule has 2 heterocycles. The van der Waals surface area contributed by atoms with Crippen LogP contribution in [0.3, 0.4) is 0 Å². The van der Waals surface area contributed by atoms with Crippen molar-refractivity contribution in [1.29, 1.82) is 0 Å². The molecule has 1 aliphatic heterocycles. The van der Waals surface area contributed by atoms with Gasteiger partial charge in [0.2, 0.25) is 11.1 Å². The molecule has 0 spiro atoms. The molecule has 37 heavy (non-hydrogen) atoms. The van der Waals surface area contributed by atoms with Crippen LogP contribution in [0.1, 0.15) is 35.2 Å². The first-order chi connectivity index (χ1) is 17.8. The SMILES string of the molecule is CC1=C(C(=O)Nc2ccc(C)cc2C)[C@H](c2ccccc2F)n2nc(SCc3cccc(Cl)c3)nc2N1. The first-order valence-corrected chi connectivity index (χ1v) is 13.1. The minimum Gasteiger partial charge on any atom is -0.328 e. The number of nitrogens with one attached hydrogen (secondary N) is 2. The van der Waals surface area contributed by atoms with Gasteiger partial charge in [-0.1, -0.05) is 71.4 Å². The highest BCUT2D eigenvalue weighted by Gasteiger charge is 2.36. The van der Waals surface area contributed by atoms with Gasteiger partial charge in [-0.05, 0) is 56.2 Å². The van der Waals surface area contributed by atoms with E-state index in [1.165, 1.54) is 17.8 Å². The smallest absolute Gasteiger partial charge is 0.255 e. The molecule has 188 valence electrons. The maximum absolute atomic E-state index is 15.1. The minimum atomic E-state index is -0.795. The number of carbonyl (C=O) groups is 1. The van der Waals surface area contributed by atoms with Gasteiger partial charge in [0.05, 0.1) is 5.57 Å². The molecule has 0 saturated heterocycles. The molecular weight excluding hydrogens is 509 g/mol. The Morgan fingerprint density at radius 3 is 2.68 bits per heavy atom. The summed E-state index contributed by atoms with van der Waals surface area (Å²) in [4.78, 5) is 18.3. The van der Waals surface area contributed by atoms with Crippen LogP contribution in [-0.4, -0.2) is 20.7 Å². The molecule has 2 N–H and O–H groups in total. The third-order valence-corrected chi connectivity index (χ3v) is 7.31. The van der Waals surface area contributed by atoms with Crippen LogP contribution in [0.2, 0.25) is 5.02 Å². The molecule has 1 aromatic heterocycles. The van der Waals surface area contributed by atoms with Crippen molar-refractivity contribution in [2.24, 2.45) is 0 Å². The van der Waals surface area contributed by atoms with Gasteiger partial charge >= 0.3 is 0 Å². The van der Waals surface area contributed by atoms with Crippen molar-refractivity contribution in [2.75, 3.05) is 10.6 Å². The number of nitrogens with zero attached hydrogens (tertiary/aromatic N) is 3. The van der Waals surface area contributed by atoms with Crippen molar-refractivity contribution >= 4 is 40.9 Å². The fourth-order valence-corrected chi connectivity index (χ4v) is 5.37. The fourth-order valence-electron chi connectivity index (χ4n) is 4.39. The number of benzene rings is 3. The second-order valence-electron chi connectivity index (χ2n) is 8.94. The Bertz CT molecular complexity index is 1530. The number of rotatable bonds is 6. The molecule has 1 atom stereocenters. The topological polar surface area (TPSA) is 71.8 Å². The average Bonchev–Trinajstić information content (AvgIpc) is 3.26. The van der Waals surface area contributed by atoms with Gasteiger partial charge in [-0.25, -0.2) is 9.07 Å². The Hall–Kier alpha value is -3.62. The van der Waals surface area contributed by atoms with E-state index < -0.39 is 11.9 Å². The van der Waals surface area contributed by atoms with Crippen LogP contribution in [0.15, 0.2) is 83.2 Å². The Labute approximate surface area is 224 Å². The summed E-state index contributed by atoms with van der Waals surface area (Å²) in [5, 5.41) is 12.1. The number of anilines is 2. The zero-order valence-corrected chi connectivity index (χ0v) is 22.1. The number of carbonyl (C=O) groups excluding carboxylic acids is 1. The number of thioether (sulfide) groups is 1. The molecule has 0 saturated carbocycles. The lowest BCUT2D eigenvalue weighted by molar-refractivity contribution is -0.113. The van der Waals surface area contributed by atoms with Gasteiger partial charge in [0, 0.05) is 27.7 Å². The van der Waals surface area contributed by atoms with E-state index in [-0.39, 0.29) is 5.91 Å². The summed E-state index contributed by atoms with van der Waals surface area (Å²) < 4.78 is 16.7. The van der Waals surface area contributed by atoms with E-state index in [1.807, 2.05) is 56.3 Å². The quantitative estimate of drug-likeness (QED) is 0.263. The molecule has 0 aliphatic carbocycles. The van der Waals surface area contributed by atoms with Gasteiger partial charge in [-0.2, -0.15) is 4.98 Å². The van der Waals surface area contributed by atoms with Crippen molar-refractivity contribution < 1.29 is 9.18 Å². The molecule has 6 nitrogen and oxygen atoms in total. The Morgan fingerprint density at radius 2 is 1.92 bits per heavy atom. The van der Waals surface area contributed by atoms with E-state index in [0.717, 1.165) is 16.7 Å². The lowest BCUT2D eigenvalue weighted by Crippen LogP contribution is -2.32. The number of aromatic nitrogens is 3. The molecule has 0 bridgehead atoms. The summed E-state index contributed by atoms with van der Waals surface area (Å²) in [6.07, 6.45) is 0. The molecule has 0 fully saturated rings. The van der Waals surface area contributed by atoms with Gasteiger partial charge in [0.15, 0.2) is 0 Å². The number of fused-ring (bicyclic) bond motifs is 1. The second-order valence-corrected chi connectivity index (χ2v) is 10.3. The van der Waals surface area contributed by atoms with Crippen LogP contribution >= 0.6 is 23.4 Å². The number of aryl methyl sites for hydroxylation is 2.